The van der Waals surface area contributed by atoms with E-state index >= 15 is 0 Å². The van der Waals surface area contributed by atoms with Gasteiger partial charge < -0.3 is 10.0 Å². The second kappa shape index (κ2) is 12.3. The number of aryl methyl sites for hydroxylation is 1. The fraction of sp³-hybridized carbons (Fsp3) is 0.211. The largest absolute Gasteiger partial charge is 0.506 e. The average molecular weight is 646 g/mol. The molecule has 0 saturated carbocycles. The summed E-state index contributed by atoms with van der Waals surface area (Å²) < 4.78 is 3.30. The number of rotatable bonds is 8. The van der Waals surface area contributed by atoms with Gasteiger partial charge in [0.2, 0.25) is 22.2 Å². The number of anilines is 1. The maximum absolute atomic E-state index is 13.3. The topological polar surface area (TPSA) is 78.6 Å². The minimum absolute atomic E-state index is 0.0365. The number of carbonyl (C=O) groups is 1. The number of thiazole rings is 1. The van der Waals surface area contributed by atoms with Gasteiger partial charge in [0.25, 0.3) is 5.01 Å². The highest BCUT2D eigenvalue weighted by Crippen LogP contribution is 2.47. The van der Waals surface area contributed by atoms with Crippen molar-refractivity contribution in [3.05, 3.63) is 142 Å². The number of carbonyl (C=O) groups excluding carboxylic acids is 1. The molecule has 7 rings (SSSR count). The summed E-state index contributed by atoms with van der Waals surface area (Å²) in [5.74, 6) is -0.260. The van der Waals surface area contributed by atoms with Crippen molar-refractivity contribution in [2.75, 3.05) is 11.4 Å². The summed E-state index contributed by atoms with van der Waals surface area (Å²) in [7, 11) is 0. The third-order valence-electron chi connectivity index (χ3n) is 8.65. The quantitative estimate of drug-likeness (QED) is 0.225. The number of unbranched alkanes of at least 4 members (excludes halogenated alkanes) is 2. The van der Waals surface area contributed by atoms with Gasteiger partial charge in [-0.05, 0) is 41.1 Å². The summed E-state index contributed by atoms with van der Waals surface area (Å²) >= 11 is 3.18. The van der Waals surface area contributed by atoms with Gasteiger partial charge in [0.1, 0.15) is 10.5 Å². The maximum Gasteiger partial charge on any atom is 0.263 e. The summed E-state index contributed by atoms with van der Waals surface area (Å²) in [4.78, 5) is 43.1. The van der Waals surface area contributed by atoms with Crippen LogP contribution in [0.2, 0.25) is 0 Å². The molecule has 0 fully saturated rings. The van der Waals surface area contributed by atoms with Crippen molar-refractivity contribution < 1.29 is 14.5 Å². The van der Waals surface area contributed by atoms with Crippen LogP contribution in [-0.4, -0.2) is 17.4 Å². The molecule has 0 saturated heterocycles. The Kier molecular flexibility index (Phi) is 8.09. The van der Waals surface area contributed by atoms with Gasteiger partial charge in [-0.25, -0.2) is 0 Å². The molecule has 2 heterocycles. The van der Waals surface area contributed by atoms with Crippen LogP contribution in [0.25, 0.3) is 21.9 Å². The van der Waals surface area contributed by atoms with E-state index in [1.54, 1.807) is 59.5 Å². The first-order valence-electron chi connectivity index (χ1n) is 15.7. The van der Waals surface area contributed by atoms with Crippen LogP contribution in [-0.2, 0) is 11.3 Å². The number of aliphatic hydroxyl groups excluding tert-OH is 1. The van der Waals surface area contributed by atoms with Crippen LogP contribution in [0.4, 0.5) is 5.69 Å². The third kappa shape index (κ3) is 5.06. The number of hydrogen-bond acceptors (Lipinski definition) is 7. The van der Waals surface area contributed by atoms with Crippen LogP contribution >= 0.6 is 23.1 Å². The molecule has 1 aliphatic carbocycles. The lowest BCUT2D eigenvalue weighted by atomic mass is 9.86. The summed E-state index contributed by atoms with van der Waals surface area (Å²) in [6.07, 6.45) is 7.63. The van der Waals surface area contributed by atoms with Gasteiger partial charge in [-0.1, -0.05) is 98.3 Å². The molecule has 230 valence electrons. The zero-order valence-corrected chi connectivity index (χ0v) is 27.3. The Labute approximate surface area is 274 Å². The number of allylic oxidation sites excluding steroid dienone is 3. The van der Waals surface area contributed by atoms with E-state index in [0.29, 0.717) is 16.0 Å². The summed E-state index contributed by atoms with van der Waals surface area (Å²) in [6.45, 7) is 5.95. The van der Waals surface area contributed by atoms with E-state index in [-0.39, 0.29) is 38.4 Å². The van der Waals surface area contributed by atoms with Crippen molar-refractivity contribution in [2.24, 2.45) is 0 Å². The van der Waals surface area contributed by atoms with Gasteiger partial charge in [-0.2, -0.15) is 4.57 Å². The normalized spacial score (nSPS) is 15.3. The molecule has 0 atom stereocenters. The van der Waals surface area contributed by atoms with Gasteiger partial charge in [-0.15, -0.1) is 0 Å². The van der Waals surface area contributed by atoms with Crippen LogP contribution in [0.5, 0.6) is 0 Å². The Bertz CT molecular complexity index is 2360. The summed E-state index contributed by atoms with van der Waals surface area (Å²) in [5.41, 5.74) is 2.22. The van der Waals surface area contributed by atoms with E-state index in [4.69, 9.17) is 0 Å². The van der Waals surface area contributed by atoms with Crippen LogP contribution < -0.4 is 30.8 Å². The van der Waals surface area contributed by atoms with E-state index in [2.05, 4.69) is 47.6 Å². The van der Waals surface area contributed by atoms with Crippen molar-refractivity contribution in [1.29, 1.82) is 0 Å². The van der Waals surface area contributed by atoms with E-state index in [0.717, 1.165) is 69.6 Å². The molecule has 46 heavy (non-hydrogen) atoms. The monoisotopic (exact) mass is 645 g/mol. The predicted octanol–water partition coefficient (Wildman–Crippen LogP) is 5.50. The molecule has 0 bridgehead atoms. The average Bonchev–Trinajstić information content (AvgIpc) is 3.62. The fourth-order valence-electron chi connectivity index (χ4n) is 6.09. The first kappa shape index (κ1) is 30.1. The number of ketones is 1. The Morgan fingerprint density at radius 3 is 2.26 bits per heavy atom. The highest BCUT2D eigenvalue weighted by atomic mass is 32.2. The number of para-hydroxylation sites is 2. The Morgan fingerprint density at radius 1 is 0.826 bits per heavy atom. The van der Waals surface area contributed by atoms with Crippen LogP contribution in [0.1, 0.15) is 44.5 Å². The van der Waals surface area contributed by atoms with Gasteiger partial charge >= 0.3 is 0 Å². The number of hydrogen-bond donors (Lipinski definition) is 1. The van der Waals surface area contributed by atoms with E-state index in [1.807, 2.05) is 24.3 Å². The molecule has 0 amide bonds. The Morgan fingerprint density at radius 2 is 1.52 bits per heavy atom. The van der Waals surface area contributed by atoms with Gasteiger partial charge in [-0.3, -0.25) is 14.4 Å². The molecule has 8 heteroatoms. The zero-order chi connectivity index (χ0) is 31.9. The number of benzene rings is 3. The second-order valence-electron chi connectivity index (χ2n) is 11.6. The fourth-order valence-corrected chi connectivity index (χ4v) is 8.36. The second-order valence-corrected chi connectivity index (χ2v) is 13.7. The molecular formula is C38H33N2O4S2+. The van der Waals surface area contributed by atoms with Crippen molar-refractivity contribution in [2.45, 2.75) is 51.0 Å². The van der Waals surface area contributed by atoms with Crippen molar-refractivity contribution in [1.82, 2.24) is 0 Å². The van der Waals surface area contributed by atoms with Crippen molar-refractivity contribution >= 4 is 56.4 Å². The third-order valence-corrected chi connectivity index (χ3v) is 10.9. The lowest BCUT2D eigenvalue weighted by molar-refractivity contribution is -0.669. The first-order chi connectivity index (χ1) is 22.4. The molecule has 1 aromatic heterocycles. The van der Waals surface area contributed by atoms with Crippen molar-refractivity contribution in [3.63, 3.8) is 0 Å². The van der Waals surface area contributed by atoms with E-state index in [9.17, 15) is 19.5 Å². The van der Waals surface area contributed by atoms with Crippen LogP contribution in [0.3, 0.4) is 0 Å². The Hall–Kier alpha value is -4.53. The minimum Gasteiger partial charge on any atom is -0.506 e. The number of Topliss-reactive ketones (excluding diaryl/α,β-unsaturated/α-hetero) is 1. The molecule has 1 N–H and O–H groups in total. The molecular weight excluding hydrogens is 613 g/mol. The predicted molar refractivity (Wildman–Crippen MR) is 186 cm³/mol. The lowest BCUT2D eigenvalue weighted by Crippen LogP contribution is -2.50. The minimum atomic E-state index is -0.274. The molecule has 6 nitrogen and oxygen atoms in total. The number of thioether (sulfide) groups is 1. The number of nitrogens with zero attached hydrogens (tertiary/aromatic N) is 2. The van der Waals surface area contributed by atoms with E-state index < -0.39 is 0 Å². The number of aliphatic hydroxyl groups is 1. The molecule has 0 spiro atoms. The highest BCUT2D eigenvalue weighted by molar-refractivity contribution is 8.03. The van der Waals surface area contributed by atoms with Crippen LogP contribution in [0, 0.1) is 10.4 Å². The Balaban J connectivity index is 1.23. The molecule has 4 aromatic carbocycles. The van der Waals surface area contributed by atoms with Crippen LogP contribution in [0.15, 0.2) is 110 Å². The standard InChI is InChI=1S/C38H32N2O4S2/c1-3-5-19-39-27-11-7-9-13-29(27)45-31(39)21-25-35(41)33(36(25)42)23-15-17-24(18-16-23)34-37(43)26(38(34)44)22-32-40(20-6-4-2)28-12-8-10-14-30(28)46-32/h7-18,21-22H,3-6,19-20H2,1-2H3/p+1/b31-21+. The van der Waals surface area contributed by atoms with Gasteiger partial charge in [0.15, 0.2) is 6.54 Å². The SMILES string of the molecule is CCCCN1/C(=C\C2=C(O)C(=c3ccc(=c4c(=O)c(=Cc5sc6ccccc6[n+]5CCCC)c4=O)cc3)C2=O)Sc2ccccc21. The van der Waals surface area contributed by atoms with Gasteiger partial charge in [0.05, 0.1) is 32.3 Å². The summed E-state index contributed by atoms with van der Waals surface area (Å²) in [6, 6.07) is 23.0. The number of aromatic nitrogens is 1. The maximum atomic E-state index is 13.3. The van der Waals surface area contributed by atoms with E-state index in [1.165, 1.54) is 0 Å². The lowest BCUT2D eigenvalue weighted by Gasteiger charge is -2.23. The first-order valence-corrected chi connectivity index (χ1v) is 17.4. The van der Waals surface area contributed by atoms with Crippen molar-refractivity contribution in [3.8, 4) is 0 Å². The smallest absolute Gasteiger partial charge is 0.263 e. The molecule has 1 aliphatic heterocycles. The highest BCUT2D eigenvalue weighted by Gasteiger charge is 2.35. The molecule has 0 unspecified atom stereocenters. The molecule has 2 aliphatic rings. The molecule has 0 radical (unpaired) electrons. The molecule has 5 aromatic rings. The summed E-state index contributed by atoms with van der Waals surface area (Å²) in [5, 5.41) is 14.2. The number of fused-ring (bicyclic) bond motifs is 2. The van der Waals surface area contributed by atoms with Gasteiger partial charge in [0, 0.05) is 30.0 Å². The zero-order valence-electron chi connectivity index (χ0n) is 25.7.